The molecule has 5 rings (SSSR count). The van der Waals surface area contributed by atoms with Crippen LogP contribution >= 0.6 is 27.5 Å². The lowest BCUT2D eigenvalue weighted by atomic mass is 10.2. The van der Waals surface area contributed by atoms with Crippen molar-refractivity contribution in [2.45, 2.75) is 13.0 Å². The molecule has 0 amide bonds. The Bertz CT molecular complexity index is 1740. The number of aromatic nitrogens is 2. The zero-order chi connectivity index (χ0) is 26.1. The molecule has 2 aromatic heterocycles. The monoisotopic (exact) mass is 579 g/mol. The lowest BCUT2D eigenvalue weighted by Gasteiger charge is -2.14. The lowest BCUT2D eigenvalue weighted by molar-refractivity contribution is -0.147. The molecule has 0 saturated carbocycles. The molecular formula is C27H19BrClN3O5. The Morgan fingerprint density at radius 1 is 1.16 bits per heavy atom. The topological polar surface area (TPSA) is 95.9 Å². The Morgan fingerprint density at radius 2 is 1.97 bits per heavy atom. The highest BCUT2D eigenvalue weighted by atomic mass is 79.9. The number of methoxy groups -OCH3 is 1. The SMILES string of the molecule is COC(=O)[C@@H](C)Oc1ccc(Cl)cc1C=Nn1c(-c2cc3cc(Br)ccc3o2)nc2ccccc2c1=O. The molecule has 3 aromatic carbocycles. The maximum absolute atomic E-state index is 13.5. The van der Waals surface area contributed by atoms with Crippen molar-refractivity contribution in [2.75, 3.05) is 7.11 Å². The van der Waals surface area contributed by atoms with Gasteiger partial charge in [0.15, 0.2) is 11.9 Å². The van der Waals surface area contributed by atoms with Crippen molar-refractivity contribution in [1.29, 1.82) is 0 Å². The van der Waals surface area contributed by atoms with Gasteiger partial charge in [-0.25, -0.2) is 9.78 Å². The van der Waals surface area contributed by atoms with Gasteiger partial charge in [0.05, 0.1) is 24.2 Å². The second kappa shape index (κ2) is 10.2. The zero-order valence-corrected chi connectivity index (χ0v) is 22.0. The van der Waals surface area contributed by atoms with Crippen LogP contribution in [0.4, 0.5) is 0 Å². The highest BCUT2D eigenvalue weighted by Crippen LogP contribution is 2.29. The number of halogens is 2. The first-order valence-electron chi connectivity index (χ1n) is 11.1. The number of esters is 1. The summed E-state index contributed by atoms with van der Waals surface area (Å²) in [6.07, 6.45) is 0.556. The van der Waals surface area contributed by atoms with Crippen molar-refractivity contribution < 1.29 is 18.7 Å². The molecule has 0 aliphatic rings. The standard InChI is InChI=1S/C27H19BrClN3O5/c1-15(27(34)35-2)36-23-10-8-19(29)12-17(23)14-30-32-25(31-21-6-4-3-5-20(21)26(32)33)24-13-16-11-18(28)7-9-22(16)37-24/h3-15H,1-2H3/t15-/m1/s1. The minimum absolute atomic E-state index is 0.222. The lowest BCUT2D eigenvalue weighted by Crippen LogP contribution is -2.25. The second-order valence-corrected chi connectivity index (χ2v) is 9.42. The summed E-state index contributed by atoms with van der Waals surface area (Å²) in [4.78, 5) is 30.1. The van der Waals surface area contributed by atoms with Gasteiger partial charge in [0.25, 0.3) is 5.56 Å². The molecule has 0 saturated heterocycles. The number of carbonyl (C=O) groups excluding carboxylic acids is 1. The number of hydrogen-bond acceptors (Lipinski definition) is 7. The van der Waals surface area contributed by atoms with Crippen LogP contribution in [0, 0.1) is 0 Å². The molecule has 0 fully saturated rings. The van der Waals surface area contributed by atoms with Gasteiger partial charge < -0.3 is 13.9 Å². The summed E-state index contributed by atoms with van der Waals surface area (Å²) < 4.78 is 18.6. The summed E-state index contributed by atoms with van der Waals surface area (Å²) in [5.41, 5.74) is 1.21. The third-order valence-corrected chi connectivity index (χ3v) is 6.30. The first kappa shape index (κ1) is 24.7. The molecule has 8 nitrogen and oxygen atoms in total. The van der Waals surface area contributed by atoms with Gasteiger partial charge in [0, 0.05) is 20.4 Å². The molecule has 37 heavy (non-hydrogen) atoms. The summed E-state index contributed by atoms with van der Waals surface area (Å²) in [6, 6.07) is 19.3. The highest BCUT2D eigenvalue weighted by molar-refractivity contribution is 9.10. The Kier molecular flexibility index (Phi) is 6.82. The third-order valence-electron chi connectivity index (χ3n) is 5.57. The number of hydrogen-bond donors (Lipinski definition) is 0. The normalized spacial score (nSPS) is 12.3. The number of ether oxygens (including phenoxy) is 2. The average molecular weight is 581 g/mol. The molecule has 186 valence electrons. The second-order valence-electron chi connectivity index (χ2n) is 8.07. The minimum atomic E-state index is -0.867. The van der Waals surface area contributed by atoms with Crippen LogP contribution in [0.2, 0.25) is 5.02 Å². The van der Waals surface area contributed by atoms with Crippen LogP contribution < -0.4 is 10.3 Å². The van der Waals surface area contributed by atoms with Crippen LogP contribution in [0.3, 0.4) is 0 Å². The average Bonchev–Trinajstić information content (AvgIpc) is 3.32. The summed E-state index contributed by atoms with van der Waals surface area (Å²) in [7, 11) is 1.28. The quantitative estimate of drug-likeness (QED) is 0.179. The molecule has 0 aliphatic heterocycles. The van der Waals surface area contributed by atoms with Gasteiger partial charge >= 0.3 is 5.97 Å². The van der Waals surface area contributed by atoms with Crippen molar-refractivity contribution in [1.82, 2.24) is 9.66 Å². The van der Waals surface area contributed by atoms with Crippen LogP contribution in [0.1, 0.15) is 12.5 Å². The molecule has 0 N–H and O–H groups in total. The van der Waals surface area contributed by atoms with Gasteiger partial charge in [-0.05, 0) is 61.5 Å². The number of benzene rings is 3. The van der Waals surface area contributed by atoms with E-state index in [2.05, 4.69) is 26.0 Å². The van der Waals surface area contributed by atoms with Crippen molar-refractivity contribution >= 4 is 61.6 Å². The third kappa shape index (κ3) is 5.00. The number of para-hydroxylation sites is 1. The largest absolute Gasteiger partial charge is 0.478 e. The van der Waals surface area contributed by atoms with Crippen molar-refractivity contribution in [2.24, 2.45) is 5.10 Å². The predicted octanol–water partition coefficient (Wildman–Crippen LogP) is 6.05. The zero-order valence-electron chi connectivity index (χ0n) is 19.6. The Balaban J connectivity index is 1.66. The van der Waals surface area contributed by atoms with E-state index in [4.69, 9.17) is 25.5 Å². The van der Waals surface area contributed by atoms with Gasteiger partial charge in [-0.1, -0.05) is 39.7 Å². The summed E-state index contributed by atoms with van der Waals surface area (Å²) in [5.74, 6) is 0.393. The number of carbonyl (C=O) groups is 1. The van der Waals surface area contributed by atoms with Gasteiger partial charge in [-0.15, -0.1) is 0 Å². The van der Waals surface area contributed by atoms with Crippen LogP contribution in [0.25, 0.3) is 33.5 Å². The smallest absolute Gasteiger partial charge is 0.346 e. The highest BCUT2D eigenvalue weighted by Gasteiger charge is 2.18. The number of nitrogens with zero attached hydrogens (tertiary/aromatic N) is 3. The number of fused-ring (bicyclic) bond motifs is 2. The fourth-order valence-corrected chi connectivity index (χ4v) is 4.33. The Labute approximate surface area is 224 Å². The van der Waals surface area contributed by atoms with E-state index >= 15 is 0 Å². The maximum atomic E-state index is 13.5. The number of rotatable bonds is 6. The van der Waals surface area contributed by atoms with Crippen molar-refractivity contribution in [3.05, 3.63) is 92.1 Å². The predicted molar refractivity (Wildman–Crippen MR) is 145 cm³/mol. The van der Waals surface area contributed by atoms with Crippen LogP contribution in [0.5, 0.6) is 5.75 Å². The van der Waals surface area contributed by atoms with Crippen molar-refractivity contribution in [3.8, 4) is 17.3 Å². The van der Waals surface area contributed by atoms with Crippen LogP contribution in [0.15, 0.2) is 85.5 Å². The molecule has 0 bridgehead atoms. The Hall–Kier alpha value is -3.95. The van der Waals surface area contributed by atoms with E-state index in [1.54, 1.807) is 55.5 Å². The first-order chi connectivity index (χ1) is 17.8. The van der Waals surface area contributed by atoms with E-state index in [1.165, 1.54) is 18.0 Å². The van der Waals surface area contributed by atoms with E-state index in [9.17, 15) is 9.59 Å². The minimum Gasteiger partial charge on any atom is -0.478 e. The molecule has 0 unspecified atom stereocenters. The van der Waals surface area contributed by atoms with E-state index < -0.39 is 12.1 Å². The fraction of sp³-hybridized carbons (Fsp3) is 0.111. The molecule has 0 aliphatic carbocycles. The van der Waals surface area contributed by atoms with E-state index in [1.807, 2.05) is 18.2 Å². The van der Waals surface area contributed by atoms with E-state index in [-0.39, 0.29) is 11.4 Å². The van der Waals surface area contributed by atoms with Gasteiger partial charge in [0.1, 0.15) is 11.3 Å². The first-order valence-corrected chi connectivity index (χ1v) is 12.3. The molecular weight excluding hydrogens is 562 g/mol. The number of furan rings is 1. The van der Waals surface area contributed by atoms with Crippen molar-refractivity contribution in [3.63, 3.8) is 0 Å². The molecule has 5 aromatic rings. The molecule has 10 heteroatoms. The summed E-state index contributed by atoms with van der Waals surface area (Å²) in [5, 5.41) is 6.11. The van der Waals surface area contributed by atoms with E-state index in [0.29, 0.717) is 38.6 Å². The van der Waals surface area contributed by atoms with Gasteiger partial charge in [0.2, 0.25) is 5.82 Å². The van der Waals surface area contributed by atoms with Crippen LogP contribution in [-0.4, -0.2) is 35.1 Å². The summed E-state index contributed by atoms with van der Waals surface area (Å²) in [6.45, 7) is 1.57. The molecule has 2 heterocycles. The summed E-state index contributed by atoms with van der Waals surface area (Å²) >= 11 is 9.67. The van der Waals surface area contributed by atoms with E-state index in [0.717, 1.165) is 9.86 Å². The molecule has 0 spiro atoms. The fourth-order valence-electron chi connectivity index (χ4n) is 3.77. The maximum Gasteiger partial charge on any atom is 0.346 e. The Morgan fingerprint density at radius 3 is 2.78 bits per heavy atom. The molecule has 0 radical (unpaired) electrons. The van der Waals surface area contributed by atoms with Gasteiger partial charge in [-0.2, -0.15) is 9.78 Å². The molecule has 1 atom stereocenters. The van der Waals surface area contributed by atoms with Crippen LogP contribution in [-0.2, 0) is 9.53 Å². The van der Waals surface area contributed by atoms with Gasteiger partial charge in [-0.3, -0.25) is 4.79 Å².